The number of primary amides is 1. The second-order valence-electron chi connectivity index (χ2n) is 6.23. The molecule has 1 aliphatic carbocycles. The van der Waals surface area contributed by atoms with Crippen molar-refractivity contribution in [2.45, 2.75) is 39.2 Å². The highest BCUT2D eigenvalue weighted by atomic mass is 35.5. The maximum atomic E-state index is 12.1. The molecule has 3 atom stereocenters. The summed E-state index contributed by atoms with van der Waals surface area (Å²) >= 11 is 5.84. The van der Waals surface area contributed by atoms with Gasteiger partial charge < -0.3 is 15.8 Å². The molecule has 0 radical (unpaired) electrons. The van der Waals surface area contributed by atoms with Gasteiger partial charge in [-0.2, -0.15) is 0 Å². The predicted molar refractivity (Wildman–Crippen MR) is 89.6 cm³/mol. The standard InChI is InChI=1S/C17H23ClN2O3/c1-10-4-3-5-14(11(10)2)20-16(21)9-23-15-7-6-12(18)8-13(15)17(19)22/h6-8,10-11,14H,3-5,9H2,1-2H3,(H2,19,22)(H,20,21)/t10-,11+,14+/m0/s1. The Bertz CT molecular complexity index is 591. The van der Waals surface area contributed by atoms with Crippen molar-refractivity contribution in [3.8, 4) is 5.75 Å². The highest BCUT2D eigenvalue weighted by Crippen LogP contribution is 2.29. The molecule has 1 aliphatic rings. The van der Waals surface area contributed by atoms with Crippen molar-refractivity contribution in [2.75, 3.05) is 6.61 Å². The summed E-state index contributed by atoms with van der Waals surface area (Å²) in [7, 11) is 0. The molecule has 0 heterocycles. The van der Waals surface area contributed by atoms with Crippen molar-refractivity contribution in [3.05, 3.63) is 28.8 Å². The minimum absolute atomic E-state index is 0.153. The predicted octanol–water partition coefficient (Wildman–Crippen LogP) is 2.76. The number of carbonyl (C=O) groups excluding carboxylic acids is 2. The molecular weight excluding hydrogens is 316 g/mol. The lowest BCUT2D eigenvalue weighted by Gasteiger charge is -2.34. The molecule has 0 saturated heterocycles. The zero-order valence-corrected chi connectivity index (χ0v) is 14.2. The summed E-state index contributed by atoms with van der Waals surface area (Å²) in [5, 5.41) is 3.41. The van der Waals surface area contributed by atoms with Crippen LogP contribution < -0.4 is 15.8 Å². The summed E-state index contributed by atoms with van der Waals surface area (Å²) in [6, 6.07) is 4.74. The van der Waals surface area contributed by atoms with Crippen LogP contribution in [0.1, 0.15) is 43.5 Å². The van der Waals surface area contributed by atoms with Crippen molar-refractivity contribution < 1.29 is 14.3 Å². The number of amides is 2. The largest absolute Gasteiger partial charge is 0.483 e. The van der Waals surface area contributed by atoms with Crippen molar-refractivity contribution >= 4 is 23.4 Å². The summed E-state index contributed by atoms with van der Waals surface area (Å²) in [5.41, 5.74) is 5.47. The molecule has 0 unspecified atom stereocenters. The van der Waals surface area contributed by atoms with E-state index in [4.69, 9.17) is 22.1 Å². The van der Waals surface area contributed by atoms with Crippen molar-refractivity contribution in [1.29, 1.82) is 0 Å². The molecule has 1 aromatic carbocycles. The fourth-order valence-electron chi connectivity index (χ4n) is 3.00. The second kappa shape index (κ2) is 7.68. The Morgan fingerprint density at radius 3 is 2.78 bits per heavy atom. The number of benzene rings is 1. The number of rotatable bonds is 5. The summed E-state index contributed by atoms with van der Waals surface area (Å²) in [6.45, 7) is 4.23. The molecule has 5 nitrogen and oxygen atoms in total. The molecule has 1 aromatic rings. The number of hydrogen-bond donors (Lipinski definition) is 2. The first kappa shape index (κ1) is 17.6. The monoisotopic (exact) mass is 338 g/mol. The van der Waals surface area contributed by atoms with Crippen LogP contribution in [0.3, 0.4) is 0 Å². The summed E-state index contributed by atoms with van der Waals surface area (Å²) in [6.07, 6.45) is 3.32. The van der Waals surface area contributed by atoms with Gasteiger partial charge in [0.05, 0.1) is 5.56 Å². The van der Waals surface area contributed by atoms with E-state index in [1.807, 2.05) is 0 Å². The highest BCUT2D eigenvalue weighted by molar-refractivity contribution is 6.31. The van der Waals surface area contributed by atoms with Gasteiger partial charge in [0.25, 0.3) is 11.8 Å². The number of nitrogens with two attached hydrogens (primary N) is 1. The number of nitrogens with one attached hydrogen (secondary N) is 1. The Morgan fingerprint density at radius 2 is 2.09 bits per heavy atom. The Labute approximate surface area is 141 Å². The van der Waals surface area contributed by atoms with E-state index >= 15 is 0 Å². The third-order valence-electron chi connectivity index (χ3n) is 4.62. The average molecular weight is 339 g/mol. The summed E-state index contributed by atoms with van der Waals surface area (Å²) < 4.78 is 5.45. The van der Waals surface area contributed by atoms with Crippen LogP contribution in [0.2, 0.25) is 5.02 Å². The van der Waals surface area contributed by atoms with E-state index in [0.29, 0.717) is 16.9 Å². The lowest BCUT2D eigenvalue weighted by atomic mass is 9.78. The van der Waals surface area contributed by atoms with Crippen molar-refractivity contribution in [2.24, 2.45) is 17.6 Å². The first-order chi connectivity index (χ1) is 10.9. The fraction of sp³-hybridized carbons (Fsp3) is 0.529. The van der Waals surface area contributed by atoms with Crippen LogP contribution in [0, 0.1) is 11.8 Å². The normalized spacial score (nSPS) is 24.0. The van der Waals surface area contributed by atoms with Gasteiger partial charge >= 0.3 is 0 Å². The second-order valence-corrected chi connectivity index (χ2v) is 6.67. The van der Waals surface area contributed by atoms with Crippen LogP contribution >= 0.6 is 11.6 Å². The van der Waals surface area contributed by atoms with Gasteiger partial charge in [0, 0.05) is 11.1 Å². The minimum atomic E-state index is -0.641. The first-order valence-corrected chi connectivity index (χ1v) is 8.27. The molecule has 0 aromatic heterocycles. The van der Waals surface area contributed by atoms with E-state index in [-0.39, 0.29) is 29.9 Å². The third kappa shape index (κ3) is 4.61. The molecule has 2 rings (SSSR count). The summed E-state index contributed by atoms with van der Waals surface area (Å²) in [5.74, 6) is 0.484. The van der Waals surface area contributed by atoms with Crippen LogP contribution in [0.5, 0.6) is 5.75 Å². The van der Waals surface area contributed by atoms with Gasteiger partial charge in [-0.3, -0.25) is 9.59 Å². The van der Waals surface area contributed by atoms with E-state index in [9.17, 15) is 9.59 Å². The fourth-order valence-corrected chi connectivity index (χ4v) is 3.17. The number of ether oxygens (including phenoxy) is 1. The molecule has 3 N–H and O–H groups in total. The number of carbonyl (C=O) groups is 2. The molecule has 0 aliphatic heterocycles. The molecule has 1 fully saturated rings. The summed E-state index contributed by atoms with van der Waals surface area (Å²) in [4.78, 5) is 23.5. The van der Waals surface area contributed by atoms with E-state index in [2.05, 4.69) is 19.2 Å². The topological polar surface area (TPSA) is 81.4 Å². The van der Waals surface area contributed by atoms with Crippen molar-refractivity contribution in [3.63, 3.8) is 0 Å². The van der Waals surface area contributed by atoms with Gasteiger partial charge in [-0.15, -0.1) is 0 Å². The van der Waals surface area contributed by atoms with E-state index in [1.54, 1.807) is 12.1 Å². The maximum absolute atomic E-state index is 12.1. The quantitative estimate of drug-likeness (QED) is 0.866. The molecule has 6 heteroatoms. The minimum Gasteiger partial charge on any atom is -0.483 e. The van der Waals surface area contributed by atoms with Crippen LogP contribution in [0.25, 0.3) is 0 Å². The lowest BCUT2D eigenvalue weighted by Crippen LogP contribution is -2.45. The zero-order valence-electron chi connectivity index (χ0n) is 13.5. The molecule has 0 spiro atoms. The molecule has 2 amide bonds. The molecular formula is C17H23ClN2O3. The van der Waals surface area contributed by atoms with E-state index in [0.717, 1.165) is 12.8 Å². The first-order valence-electron chi connectivity index (χ1n) is 7.90. The highest BCUT2D eigenvalue weighted by Gasteiger charge is 2.28. The van der Waals surface area contributed by atoms with Gasteiger partial charge in [-0.05, 0) is 36.5 Å². The zero-order chi connectivity index (χ0) is 17.0. The lowest BCUT2D eigenvalue weighted by molar-refractivity contribution is -0.124. The van der Waals surface area contributed by atoms with Gasteiger partial charge in [-0.1, -0.05) is 38.3 Å². The SMILES string of the molecule is C[C@@H]1[C@@H](C)CCC[C@H]1NC(=O)COc1ccc(Cl)cc1C(N)=O. The Morgan fingerprint density at radius 1 is 1.35 bits per heavy atom. The van der Waals surface area contributed by atoms with Gasteiger partial charge in [0.1, 0.15) is 5.75 Å². The maximum Gasteiger partial charge on any atom is 0.258 e. The van der Waals surface area contributed by atoms with Crippen LogP contribution in [0.15, 0.2) is 18.2 Å². The number of hydrogen-bond acceptors (Lipinski definition) is 3. The third-order valence-corrected chi connectivity index (χ3v) is 4.85. The van der Waals surface area contributed by atoms with Crippen molar-refractivity contribution in [1.82, 2.24) is 5.32 Å². The van der Waals surface area contributed by atoms with Crippen LogP contribution in [-0.2, 0) is 4.79 Å². The molecule has 23 heavy (non-hydrogen) atoms. The van der Waals surface area contributed by atoms with Gasteiger partial charge in [-0.25, -0.2) is 0 Å². The van der Waals surface area contributed by atoms with Crippen LogP contribution in [-0.4, -0.2) is 24.5 Å². The van der Waals surface area contributed by atoms with E-state index in [1.165, 1.54) is 12.5 Å². The Hall–Kier alpha value is -1.75. The molecule has 126 valence electrons. The Kier molecular flexibility index (Phi) is 5.88. The Balaban J connectivity index is 1.93. The number of halogens is 1. The molecule has 0 bridgehead atoms. The van der Waals surface area contributed by atoms with Crippen LogP contribution in [0.4, 0.5) is 0 Å². The van der Waals surface area contributed by atoms with Gasteiger partial charge in [0.15, 0.2) is 6.61 Å². The molecule has 1 saturated carbocycles. The average Bonchev–Trinajstić information content (AvgIpc) is 2.50. The van der Waals surface area contributed by atoms with Gasteiger partial charge in [0.2, 0.25) is 0 Å². The van der Waals surface area contributed by atoms with E-state index < -0.39 is 5.91 Å². The smallest absolute Gasteiger partial charge is 0.258 e.